The molecule has 0 aliphatic carbocycles. The number of carbonyl (C=O) groups excluding carboxylic acids is 1. The molecule has 2 aliphatic heterocycles. The van der Waals surface area contributed by atoms with E-state index >= 15 is 0 Å². The summed E-state index contributed by atoms with van der Waals surface area (Å²) >= 11 is 0. The lowest BCUT2D eigenvalue weighted by Crippen LogP contribution is -2.44. The molecule has 0 unspecified atom stereocenters. The fourth-order valence-corrected chi connectivity index (χ4v) is 3.55. The Morgan fingerprint density at radius 3 is 2.96 bits per heavy atom. The molecule has 2 atom stereocenters. The maximum atomic E-state index is 12.4. The van der Waals surface area contributed by atoms with Gasteiger partial charge in [-0.15, -0.1) is 0 Å². The second-order valence-electron chi connectivity index (χ2n) is 6.57. The van der Waals surface area contributed by atoms with Gasteiger partial charge in [-0.1, -0.05) is 12.1 Å². The first kappa shape index (κ1) is 17.2. The summed E-state index contributed by atoms with van der Waals surface area (Å²) in [6, 6.07) is 8.08. The van der Waals surface area contributed by atoms with E-state index in [9.17, 15) is 9.90 Å². The number of nitrogens with zero attached hydrogens (tertiary/aromatic N) is 1. The Labute approximate surface area is 142 Å². The molecule has 3 rings (SSSR count). The molecular weight excluding hydrogens is 308 g/mol. The van der Waals surface area contributed by atoms with E-state index in [1.807, 2.05) is 29.2 Å². The lowest BCUT2D eigenvalue weighted by Gasteiger charge is -2.27. The van der Waals surface area contributed by atoms with Gasteiger partial charge in [-0.2, -0.15) is 0 Å². The van der Waals surface area contributed by atoms with Gasteiger partial charge in [-0.05, 0) is 37.0 Å². The number of benzene rings is 1. The van der Waals surface area contributed by atoms with Crippen molar-refractivity contribution >= 4 is 5.91 Å². The number of aliphatic hydroxyl groups excluding tert-OH is 1. The Hall–Kier alpha value is -1.63. The number of hydrogen-bond acceptors (Lipinski definition) is 5. The van der Waals surface area contributed by atoms with Crippen LogP contribution in [0.5, 0.6) is 5.75 Å². The van der Waals surface area contributed by atoms with Gasteiger partial charge in [0.05, 0.1) is 19.8 Å². The molecule has 0 bridgehead atoms. The summed E-state index contributed by atoms with van der Waals surface area (Å²) in [5.41, 5.74) is 1.07. The second kappa shape index (κ2) is 7.96. The van der Waals surface area contributed by atoms with Gasteiger partial charge in [0.1, 0.15) is 5.75 Å². The summed E-state index contributed by atoms with van der Waals surface area (Å²) in [5, 5.41) is 13.2. The van der Waals surface area contributed by atoms with Crippen molar-refractivity contribution in [2.24, 2.45) is 0 Å². The summed E-state index contributed by atoms with van der Waals surface area (Å²) in [6.07, 6.45) is 1.97. The third-order valence-electron chi connectivity index (χ3n) is 4.79. The summed E-state index contributed by atoms with van der Waals surface area (Å²) in [6.45, 7) is 2.24. The van der Waals surface area contributed by atoms with Gasteiger partial charge in [0.25, 0.3) is 0 Å². The Bertz CT molecular complexity index is 560. The van der Waals surface area contributed by atoms with Crippen LogP contribution in [-0.4, -0.2) is 61.5 Å². The highest BCUT2D eigenvalue weighted by Gasteiger charge is 2.33. The standard InChI is InChI=1S/C18H26N2O4/c1-23-16-4-2-3-13(9-16)17-10-15(21)11-20(17)12-18(22)19-14-5-7-24-8-6-14/h2-4,9,14-15,17,21H,5-8,10-12H2,1H3,(H,19,22)/t15-,17+/m0/s1. The lowest BCUT2D eigenvalue weighted by atomic mass is 10.0. The Morgan fingerprint density at radius 2 is 2.21 bits per heavy atom. The van der Waals surface area contributed by atoms with E-state index in [0.29, 0.717) is 32.7 Å². The van der Waals surface area contributed by atoms with E-state index < -0.39 is 6.10 Å². The molecule has 0 radical (unpaired) electrons. The zero-order chi connectivity index (χ0) is 16.9. The average Bonchev–Trinajstić information content (AvgIpc) is 2.96. The van der Waals surface area contributed by atoms with E-state index in [4.69, 9.17) is 9.47 Å². The van der Waals surface area contributed by atoms with Gasteiger partial charge in [0.2, 0.25) is 5.91 Å². The normalized spacial score (nSPS) is 25.6. The van der Waals surface area contributed by atoms with E-state index in [-0.39, 0.29) is 18.0 Å². The third kappa shape index (κ3) is 4.26. The molecule has 6 heteroatoms. The van der Waals surface area contributed by atoms with Crippen molar-refractivity contribution in [3.63, 3.8) is 0 Å². The number of hydrogen-bond donors (Lipinski definition) is 2. The molecule has 2 aliphatic rings. The molecule has 2 fully saturated rings. The first-order chi connectivity index (χ1) is 11.7. The van der Waals surface area contributed by atoms with Gasteiger partial charge >= 0.3 is 0 Å². The average molecular weight is 334 g/mol. The van der Waals surface area contributed by atoms with Crippen LogP contribution in [0.1, 0.15) is 30.9 Å². The Kier molecular flexibility index (Phi) is 5.71. The molecule has 1 aromatic rings. The zero-order valence-electron chi connectivity index (χ0n) is 14.1. The quantitative estimate of drug-likeness (QED) is 0.844. The van der Waals surface area contributed by atoms with Crippen LogP contribution >= 0.6 is 0 Å². The molecule has 0 aromatic heterocycles. The highest BCUT2D eigenvalue weighted by molar-refractivity contribution is 5.78. The first-order valence-corrected chi connectivity index (χ1v) is 8.59. The minimum atomic E-state index is -0.405. The number of rotatable bonds is 5. The number of carbonyl (C=O) groups is 1. The Balaban J connectivity index is 1.63. The summed E-state index contributed by atoms with van der Waals surface area (Å²) in [4.78, 5) is 14.4. The van der Waals surface area contributed by atoms with E-state index in [1.165, 1.54) is 0 Å². The van der Waals surface area contributed by atoms with Crippen LogP contribution in [0, 0.1) is 0 Å². The number of ether oxygens (including phenoxy) is 2. The fraction of sp³-hybridized carbons (Fsp3) is 0.611. The van der Waals surface area contributed by atoms with Crippen molar-refractivity contribution in [3.05, 3.63) is 29.8 Å². The highest BCUT2D eigenvalue weighted by Crippen LogP contribution is 2.33. The molecule has 0 saturated carbocycles. The number of likely N-dealkylation sites (tertiary alicyclic amines) is 1. The number of methoxy groups -OCH3 is 1. The van der Waals surface area contributed by atoms with Gasteiger partial charge in [0, 0.05) is 31.8 Å². The van der Waals surface area contributed by atoms with Crippen molar-refractivity contribution < 1.29 is 19.4 Å². The smallest absolute Gasteiger partial charge is 0.234 e. The van der Waals surface area contributed by atoms with Crippen molar-refractivity contribution in [2.45, 2.75) is 37.5 Å². The van der Waals surface area contributed by atoms with E-state index in [0.717, 1.165) is 24.2 Å². The number of aliphatic hydroxyl groups is 1. The predicted octanol–water partition coefficient (Wildman–Crippen LogP) is 1.10. The highest BCUT2D eigenvalue weighted by atomic mass is 16.5. The molecule has 24 heavy (non-hydrogen) atoms. The summed E-state index contributed by atoms with van der Waals surface area (Å²) in [5.74, 6) is 0.810. The second-order valence-corrected chi connectivity index (χ2v) is 6.57. The molecule has 2 saturated heterocycles. The van der Waals surface area contributed by atoms with E-state index in [2.05, 4.69) is 5.32 Å². The maximum absolute atomic E-state index is 12.4. The lowest BCUT2D eigenvalue weighted by molar-refractivity contribution is -0.123. The van der Waals surface area contributed by atoms with Crippen LogP contribution in [0.3, 0.4) is 0 Å². The molecule has 1 aromatic carbocycles. The minimum absolute atomic E-state index is 0.0175. The van der Waals surface area contributed by atoms with Crippen LogP contribution < -0.4 is 10.1 Å². The van der Waals surface area contributed by atoms with Crippen molar-refractivity contribution in [1.82, 2.24) is 10.2 Å². The van der Waals surface area contributed by atoms with Crippen LogP contribution in [0.25, 0.3) is 0 Å². The first-order valence-electron chi connectivity index (χ1n) is 8.59. The van der Waals surface area contributed by atoms with Crippen LogP contribution in [0.4, 0.5) is 0 Å². The largest absolute Gasteiger partial charge is 0.497 e. The van der Waals surface area contributed by atoms with Crippen molar-refractivity contribution in [1.29, 1.82) is 0 Å². The van der Waals surface area contributed by atoms with Crippen LogP contribution in [0.2, 0.25) is 0 Å². The van der Waals surface area contributed by atoms with Crippen molar-refractivity contribution in [2.75, 3.05) is 33.4 Å². The predicted molar refractivity (Wildman–Crippen MR) is 89.9 cm³/mol. The third-order valence-corrected chi connectivity index (χ3v) is 4.79. The molecule has 0 spiro atoms. The van der Waals surface area contributed by atoms with Gasteiger partial charge in [-0.3, -0.25) is 9.69 Å². The fourth-order valence-electron chi connectivity index (χ4n) is 3.55. The van der Waals surface area contributed by atoms with Crippen LogP contribution in [0.15, 0.2) is 24.3 Å². The molecule has 2 N–H and O–H groups in total. The van der Waals surface area contributed by atoms with Gasteiger partial charge < -0.3 is 19.9 Å². The van der Waals surface area contributed by atoms with Crippen molar-refractivity contribution in [3.8, 4) is 5.75 Å². The van der Waals surface area contributed by atoms with E-state index in [1.54, 1.807) is 7.11 Å². The number of amides is 1. The Morgan fingerprint density at radius 1 is 1.42 bits per heavy atom. The van der Waals surface area contributed by atoms with Gasteiger partial charge in [0.15, 0.2) is 0 Å². The summed E-state index contributed by atoms with van der Waals surface area (Å²) in [7, 11) is 1.64. The maximum Gasteiger partial charge on any atom is 0.234 e. The molecule has 1 amide bonds. The SMILES string of the molecule is COc1cccc([C@H]2C[C@H](O)CN2CC(=O)NC2CCOCC2)c1. The minimum Gasteiger partial charge on any atom is -0.497 e. The molecular formula is C18H26N2O4. The molecule has 6 nitrogen and oxygen atoms in total. The topological polar surface area (TPSA) is 71.0 Å². The zero-order valence-corrected chi connectivity index (χ0v) is 14.1. The number of nitrogens with one attached hydrogen (secondary N) is 1. The monoisotopic (exact) mass is 334 g/mol. The van der Waals surface area contributed by atoms with Crippen LogP contribution in [-0.2, 0) is 9.53 Å². The van der Waals surface area contributed by atoms with Gasteiger partial charge in [-0.25, -0.2) is 0 Å². The molecule has 2 heterocycles. The summed E-state index contributed by atoms with van der Waals surface area (Å²) < 4.78 is 10.6. The molecule has 132 valence electrons. The number of β-amino-alcohol motifs (C(OH)–C–C–N with tert-alkyl or cyclic N) is 1.